The van der Waals surface area contributed by atoms with Crippen molar-refractivity contribution in [2.24, 2.45) is 5.92 Å². The second kappa shape index (κ2) is 6.27. The Morgan fingerprint density at radius 2 is 2.31 bits per heavy atom. The number of esters is 2. The van der Waals surface area contributed by atoms with Crippen molar-refractivity contribution in [3.8, 4) is 0 Å². The molecule has 1 rings (SSSR count). The highest BCUT2D eigenvalue weighted by molar-refractivity contribution is 5.95. The van der Waals surface area contributed by atoms with Crippen molar-refractivity contribution in [1.82, 2.24) is 0 Å². The van der Waals surface area contributed by atoms with Crippen LogP contribution in [0, 0.1) is 5.92 Å². The first-order valence-corrected chi connectivity index (χ1v) is 5.30. The molecule has 1 saturated heterocycles. The maximum Gasteiger partial charge on any atom is 0.334 e. The third kappa shape index (κ3) is 3.34. The van der Waals surface area contributed by atoms with Crippen LogP contribution >= 0.6 is 0 Å². The molecular formula is C11H16O5. The molecular weight excluding hydrogens is 212 g/mol. The number of carbonyl (C=O) groups excluding carboxylic acids is 2. The summed E-state index contributed by atoms with van der Waals surface area (Å²) in [7, 11) is 0. The van der Waals surface area contributed by atoms with Gasteiger partial charge in [0.1, 0.15) is 6.61 Å². The first kappa shape index (κ1) is 12.7. The van der Waals surface area contributed by atoms with Crippen LogP contribution < -0.4 is 0 Å². The van der Waals surface area contributed by atoms with Gasteiger partial charge < -0.3 is 14.6 Å². The van der Waals surface area contributed by atoms with E-state index in [0.717, 1.165) is 12.8 Å². The van der Waals surface area contributed by atoms with Gasteiger partial charge in [-0.2, -0.15) is 0 Å². The minimum Gasteiger partial charge on any atom is -0.465 e. The molecule has 0 aromatic rings. The molecule has 0 aliphatic carbocycles. The lowest BCUT2D eigenvalue weighted by molar-refractivity contribution is -0.149. The lowest BCUT2D eigenvalue weighted by Crippen LogP contribution is -2.23. The number of cyclic esters (lactones) is 1. The summed E-state index contributed by atoms with van der Waals surface area (Å²) >= 11 is 0. The molecule has 1 N–H and O–H groups in total. The Labute approximate surface area is 94.0 Å². The summed E-state index contributed by atoms with van der Waals surface area (Å²) in [5.74, 6) is -1.66. The maximum absolute atomic E-state index is 11.5. The Morgan fingerprint density at radius 3 is 3.00 bits per heavy atom. The molecule has 0 aromatic carbocycles. The molecule has 1 fully saturated rings. The molecule has 1 unspecified atom stereocenters. The van der Waals surface area contributed by atoms with Crippen LogP contribution in [-0.4, -0.2) is 36.9 Å². The second-order valence-corrected chi connectivity index (χ2v) is 3.60. The average molecular weight is 228 g/mol. The van der Waals surface area contributed by atoms with Crippen molar-refractivity contribution in [3.05, 3.63) is 12.2 Å². The van der Waals surface area contributed by atoms with Gasteiger partial charge in [-0.25, -0.2) is 4.79 Å². The molecule has 5 nitrogen and oxygen atoms in total. The molecule has 1 heterocycles. The van der Waals surface area contributed by atoms with Gasteiger partial charge in [0.05, 0.1) is 19.1 Å². The number of hydrogen-bond acceptors (Lipinski definition) is 5. The van der Waals surface area contributed by atoms with Crippen molar-refractivity contribution in [2.75, 3.05) is 19.8 Å². The van der Waals surface area contributed by atoms with Crippen LogP contribution in [-0.2, 0) is 19.1 Å². The van der Waals surface area contributed by atoms with E-state index in [4.69, 9.17) is 14.6 Å². The minimum absolute atomic E-state index is 0.0837. The van der Waals surface area contributed by atoms with Crippen molar-refractivity contribution in [2.45, 2.75) is 19.3 Å². The van der Waals surface area contributed by atoms with Crippen molar-refractivity contribution in [1.29, 1.82) is 0 Å². The molecule has 0 amide bonds. The first-order valence-electron chi connectivity index (χ1n) is 5.30. The third-order valence-electron chi connectivity index (χ3n) is 2.42. The summed E-state index contributed by atoms with van der Waals surface area (Å²) < 4.78 is 9.63. The van der Waals surface area contributed by atoms with Gasteiger partial charge in [-0.3, -0.25) is 4.79 Å². The van der Waals surface area contributed by atoms with Crippen LogP contribution in [0.5, 0.6) is 0 Å². The summed E-state index contributed by atoms with van der Waals surface area (Å²) in [6.07, 6.45) is 2.19. The van der Waals surface area contributed by atoms with Gasteiger partial charge in [-0.1, -0.05) is 6.58 Å². The number of carbonyl (C=O) groups is 2. The highest BCUT2D eigenvalue weighted by Crippen LogP contribution is 2.22. The first-order chi connectivity index (χ1) is 7.66. The monoisotopic (exact) mass is 228 g/mol. The predicted molar refractivity (Wildman–Crippen MR) is 55.5 cm³/mol. The quantitative estimate of drug-likeness (QED) is 0.557. The zero-order valence-corrected chi connectivity index (χ0v) is 9.11. The summed E-state index contributed by atoms with van der Waals surface area (Å²) in [4.78, 5) is 22.9. The SMILES string of the molecule is C=C(C(=O)OCCO)C1CCCCOC1=O. The fraction of sp³-hybridized carbons (Fsp3) is 0.636. The summed E-state index contributed by atoms with van der Waals surface area (Å²) in [6.45, 7) is 3.64. The van der Waals surface area contributed by atoms with Gasteiger partial charge in [-0.05, 0) is 19.3 Å². The second-order valence-electron chi connectivity index (χ2n) is 3.60. The maximum atomic E-state index is 11.5. The van der Waals surface area contributed by atoms with Crippen LogP contribution in [0.15, 0.2) is 12.2 Å². The van der Waals surface area contributed by atoms with Gasteiger partial charge in [-0.15, -0.1) is 0 Å². The molecule has 0 bridgehead atoms. The molecule has 0 aromatic heterocycles. The zero-order chi connectivity index (χ0) is 12.0. The average Bonchev–Trinajstić information content (AvgIpc) is 2.49. The molecule has 90 valence electrons. The van der Waals surface area contributed by atoms with E-state index in [-0.39, 0.29) is 18.8 Å². The number of rotatable bonds is 4. The number of hydrogen-bond donors (Lipinski definition) is 1. The topological polar surface area (TPSA) is 72.8 Å². The van der Waals surface area contributed by atoms with Crippen LogP contribution in [0.2, 0.25) is 0 Å². The lowest BCUT2D eigenvalue weighted by Gasteiger charge is -2.13. The Morgan fingerprint density at radius 1 is 1.56 bits per heavy atom. The Hall–Kier alpha value is -1.36. The van der Waals surface area contributed by atoms with Crippen molar-refractivity contribution in [3.63, 3.8) is 0 Å². The van der Waals surface area contributed by atoms with Crippen molar-refractivity contribution < 1.29 is 24.2 Å². The minimum atomic E-state index is -0.641. The fourth-order valence-electron chi connectivity index (χ4n) is 1.53. The smallest absolute Gasteiger partial charge is 0.334 e. The molecule has 5 heteroatoms. The van der Waals surface area contributed by atoms with Crippen LogP contribution in [0.25, 0.3) is 0 Å². The van der Waals surface area contributed by atoms with E-state index in [9.17, 15) is 9.59 Å². The van der Waals surface area contributed by atoms with E-state index in [1.165, 1.54) is 0 Å². The number of aliphatic hydroxyl groups is 1. The number of ether oxygens (including phenoxy) is 2. The lowest BCUT2D eigenvalue weighted by atomic mass is 9.95. The summed E-state index contributed by atoms with van der Waals surface area (Å²) in [6, 6.07) is 0. The molecule has 16 heavy (non-hydrogen) atoms. The van der Waals surface area contributed by atoms with E-state index < -0.39 is 17.9 Å². The van der Waals surface area contributed by atoms with Gasteiger partial charge in [0.25, 0.3) is 0 Å². The Balaban J connectivity index is 2.56. The molecule has 1 aliphatic heterocycles. The largest absolute Gasteiger partial charge is 0.465 e. The third-order valence-corrected chi connectivity index (χ3v) is 2.42. The van der Waals surface area contributed by atoms with Crippen LogP contribution in [0.1, 0.15) is 19.3 Å². The Bertz CT molecular complexity index is 284. The molecule has 0 saturated carbocycles. The summed E-state index contributed by atoms with van der Waals surface area (Å²) in [5.41, 5.74) is 0.111. The van der Waals surface area contributed by atoms with Gasteiger partial charge in [0.15, 0.2) is 0 Å². The van der Waals surface area contributed by atoms with Crippen LogP contribution in [0.3, 0.4) is 0 Å². The normalized spacial score (nSPS) is 20.8. The van der Waals surface area contributed by atoms with Gasteiger partial charge in [0, 0.05) is 5.57 Å². The highest BCUT2D eigenvalue weighted by atomic mass is 16.5. The standard InChI is InChI=1S/C11H16O5/c1-8(10(13)16-7-5-12)9-4-2-3-6-15-11(9)14/h9,12H,1-7H2. The predicted octanol–water partition coefficient (Wildman–Crippen LogP) is 0.421. The molecule has 0 spiro atoms. The van der Waals surface area contributed by atoms with E-state index in [0.29, 0.717) is 13.0 Å². The Kier molecular flexibility index (Phi) is 4.98. The number of aliphatic hydroxyl groups excluding tert-OH is 1. The van der Waals surface area contributed by atoms with Crippen LogP contribution in [0.4, 0.5) is 0 Å². The van der Waals surface area contributed by atoms with Gasteiger partial charge in [0.2, 0.25) is 0 Å². The zero-order valence-electron chi connectivity index (χ0n) is 9.11. The van der Waals surface area contributed by atoms with E-state index in [1.54, 1.807) is 0 Å². The summed E-state index contributed by atoms with van der Waals surface area (Å²) in [5, 5.41) is 8.51. The fourth-order valence-corrected chi connectivity index (χ4v) is 1.53. The highest BCUT2D eigenvalue weighted by Gasteiger charge is 2.29. The van der Waals surface area contributed by atoms with E-state index in [2.05, 4.69) is 6.58 Å². The molecule has 1 atom stereocenters. The van der Waals surface area contributed by atoms with Crippen molar-refractivity contribution >= 4 is 11.9 Å². The van der Waals surface area contributed by atoms with Gasteiger partial charge >= 0.3 is 11.9 Å². The molecule has 0 radical (unpaired) electrons. The van der Waals surface area contributed by atoms with E-state index >= 15 is 0 Å². The molecule has 1 aliphatic rings. The van der Waals surface area contributed by atoms with E-state index in [1.807, 2.05) is 0 Å².